The van der Waals surface area contributed by atoms with Crippen molar-refractivity contribution in [3.63, 3.8) is 0 Å². The molecule has 1 aromatic rings. The molecule has 0 amide bonds. The number of likely N-dealkylation sites (tertiary alicyclic amines) is 1. The normalized spacial score (nSPS) is 27.4. The molecule has 3 rings (SSSR count). The summed E-state index contributed by atoms with van der Waals surface area (Å²) in [5.74, 6) is 0. The molecule has 3 heterocycles. The van der Waals surface area contributed by atoms with E-state index in [1.807, 2.05) is 17.9 Å². The molecule has 2 aliphatic rings. The number of aryl methyl sites for hydroxylation is 1. The minimum Gasteiger partial charge on any atom is -0.374 e. The van der Waals surface area contributed by atoms with Crippen molar-refractivity contribution in [1.82, 2.24) is 24.5 Å². The average Bonchev–Trinajstić information content (AvgIpc) is 3.02. The molecule has 2 saturated heterocycles. The molecule has 6 nitrogen and oxygen atoms in total. The number of hydrogen-bond acceptors (Lipinski definition) is 5. The largest absolute Gasteiger partial charge is 0.374 e. The molecule has 118 valence electrons. The molecule has 0 spiro atoms. The van der Waals surface area contributed by atoms with E-state index in [4.69, 9.17) is 4.74 Å². The highest BCUT2D eigenvalue weighted by Crippen LogP contribution is 2.24. The maximum absolute atomic E-state index is 5.99. The highest BCUT2D eigenvalue weighted by Gasteiger charge is 2.39. The fraction of sp³-hybridized carbons (Fsp3) is 0.800. The number of rotatable bonds is 5. The summed E-state index contributed by atoms with van der Waals surface area (Å²) in [4.78, 5) is 7.37. The van der Waals surface area contributed by atoms with E-state index in [2.05, 4.69) is 40.1 Å². The van der Waals surface area contributed by atoms with Gasteiger partial charge in [0.1, 0.15) is 0 Å². The van der Waals surface area contributed by atoms with Crippen molar-refractivity contribution in [1.29, 1.82) is 0 Å². The van der Waals surface area contributed by atoms with E-state index < -0.39 is 0 Å². The number of ether oxygens (including phenoxy) is 1. The third-order valence-electron chi connectivity index (χ3n) is 4.49. The summed E-state index contributed by atoms with van der Waals surface area (Å²) in [6.07, 6.45) is 4.44. The standard InChI is InChI=1S/C15H27N5O/c1-17(2)4-5-20-6-7-21-15-12-19(11-14(15)20)10-13-8-16-18(3)9-13/h8-9,14-15H,4-7,10-12H2,1-3H3/t14-,15+/m0/s1. The van der Waals surface area contributed by atoms with Crippen LogP contribution in [0.15, 0.2) is 12.4 Å². The van der Waals surface area contributed by atoms with Gasteiger partial charge in [-0.15, -0.1) is 0 Å². The van der Waals surface area contributed by atoms with Crippen LogP contribution in [0.25, 0.3) is 0 Å². The van der Waals surface area contributed by atoms with Gasteiger partial charge < -0.3 is 9.64 Å². The van der Waals surface area contributed by atoms with Crippen LogP contribution in [0.3, 0.4) is 0 Å². The maximum Gasteiger partial charge on any atom is 0.0870 e. The van der Waals surface area contributed by atoms with Gasteiger partial charge in [-0.3, -0.25) is 14.5 Å². The van der Waals surface area contributed by atoms with Crippen molar-refractivity contribution in [2.45, 2.75) is 18.7 Å². The number of hydrogen-bond donors (Lipinski definition) is 0. The quantitative estimate of drug-likeness (QED) is 0.756. The van der Waals surface area contributed by atoms with E-state index in [1.165, 1.54) is 5.56 Å². The molecular weight excluding hydrogens is 266 g/mol. The first kappa shape index (κ1) is 15.0. The van der Waals surface area contributed by atoms with Gasteiger partial charge in [0.25, 0.3) is 0 Å². The van der Waals surface area contributed by atoms with Crippen molar-refractivity contribution in [3.8, 4) is 0 Å². The van der Waals surface area contributed by atoms with Crippen molar-refractivity contribution in [2.75, 3.05) is 53.4 Å². The molecule has 21 heavy (non-hydrogen) atoms. The van der Waals surface area contributed by atoms with Crippen molar-refractivity contribution in [3.05, 3.63) is 18.0 Å². The Morgan fingerprint density at radius 1 is 1.38 bits per heavy atom. The van der Waals surface area contributed by atoms with Gasteiger partial charge in [0.05, 0.1) is 18.9 Å². The molecule has 0 aromatic carbocycles. The molecule has 2 fully saturated rings. The summed E-state index contributed by atoms with van der Waals surface area (Å²) in [5, 5.41) is 4.26. The molecule has 0 N–H and O–H groups in total. The molecule has 2 aliphatic heterocycles. The predicted molar refractivity (Wildman–Crippen MR) is 82.1 cm³/mol. The Balaban J connectivity index is 1.57. The number of morpholine rings is 1. The fourth-order valence-electron chi connectivity index (χ4n) is 3.38. The van der Waals surface area contributed by atoms with Gasteiger partial charge in [-0.05, 0) is 14.1 Å². The smallest absolute Gasteiger partial charge is 0.0870 e. The van der Waals surface area contributed by atoms with Gasteiger partial charge in [-0.2, -0.15) is 5.10 Å². The zero-order valence-electron chi connectivity index (χ0n) is 13.4. The SMILES string of the molecule is CN(C)CCN1CCO[C@@H]2CN(Cc3cnn(C)c3)C[C@@H]21. The summed E-state index contributed by atoms with van der Waals surface area (Å²) in [6, 6.07) is 0.551. The second kappa shape index (κ2) is 6.44. The van der Waals surface area contributed by atoms with Gasteiger partial charge in [-0.25, -0.2) is 0 Å². The molecule has 0 saturated carbocycles. The molecule has 0 aliphatic carbocycles. The van der Waals surface area contributed by atoms with Crippen LogP contribution in [0.4, 0.5) is 0 Å². The second-order valence-electron chi connectivity index (χ2n) is 6.53. The average molecular weight is 293 g/mol. The van der Waals surface area contributed by atoms with E-state index >= 15 is 0 Å². The van der Waals surface area contributed by atoms with E-state index in [1.54, 1.807) is 0 Å². The molecule has 0 bridgehead atoms. The van der Waals surface area contributed by atoms with Crippen LogP contribution in [-0.2, 0) is 18.3 Å². The van der Waals surface area contributed by atoms with Crippen LogP contribution in [0.1, 0.15) is 5.56 Å². The molecular formula is C15H27N5O. The van der Waals surface area contributed by atoms with E-state index in [0.717, 1.165) is 45.9 Å². The molecule has 1 aromatic heterocycles. The summed E-state index contributed by atoms with van der Waals surface area (Å²) in [7, 11) is 6.25. The number of likely N-dealkylation sites (N-methyl/N-ethyl adjacent to an activating group) is 1. The van der Waals surface area contributed by atoms with Crippen LogP contribution in [0.5, 0.6) is 0 Å². The van der Waals surface area contributed by atoms with E-state index in [9.17, 15) is 0 Å². The minimum absolute atomic E-state index is 0.373. The fourth-order valence-corrected chi connectivity index (χ4v) is 3.38. The highest BCUT2D eigenvalue weighted by atomic mass is 16.5. The lowest BCUT2D eigenvalue weighted by Crippen LogP contribution is -2.52. The van der Waals surface area contributed by atoms with Crippen molar-refractivity contribution >= 4 is 0 Å². The zero-order chi connectivity index (χ0) is 14.8. The third-order valence-corrected chi connectivity index (χ3v) is 4.49. The van der Waals surface area contributed by atoms with Gasteiger partial charge in [0, 0.05) is 64.1 Å². The van der Waals surface area contributed by atoms with Crippen LogP contribution in [0.2, 0.25) is 0 Å². The first-order valence-electron chi connectivity index (χ1n) is 7.82. The van der Waals surface area contributed by atoms with Crippen molar-refractivity contribution < 1.29 is 4.74 Å². The number of nitrogens with zero attached hydrogens (tertiary/aromatic N) is 5. The minimum atomic E-state index is 0.373. The highest BCUT2D eigenvalue weighted by molar-refractivity contribution is 5.05. The Kier molecular flexibility index (Phi) is 4.59. The summed E-state index contributed by atoms with van der Waals surface area (Å²) < 4.78 is 7.87. The topological polar surface area (TPSA) is 36.8 Å². The van der Waals surface area contributed by atoms with Crippen molar-refractivity contribution in [2.24, 2.45) is 7.05 Å². The van der Waals surface area contributed by atoms with Gasteiger partial charge >= 0.3 is 0 Å². The monoisotopic (exact) mass is 293 g/mol. The molecule has 2 atom stereocenters. The van der Waals surface area contributed by atoms with Gasteiger partial charge in [0.15, 0.2) is 0 Å². The Bertz CT molecular complexity index is 461. The Hall–Kier alpha value is -0.950. The number of aromatic nitrogens is 2. The Labute approximate surface area is 127 Å². The first-order chi connectivity index (χ1) is 10.1. The lowest BCUT2D eigenvalue weighted by Gasteiger charge is -2.37. The summed E-state index contributed by atoms with van der Waals surface area (Å²) >= 11 is 0. The summed E-state index contributed by atoms with van der Waals surface area (Å²) in [5.41, 5.74) is 1.29. The van der Waals surface area contributed by atoms with Crippen LogP contribution in [0, 0.1) is 0 Å². The predicted octanol–water partition coefficient (Wildman–Crippen LogP) is -0.133. The van der Waals surface area contributed by atoms with Gasteiger partial charge in [0.2, 0.25) is 0 Å². The van der Waals surface area contributed by atoms with E-state index in [0.29, 0.717) is 12.1 Å². The van der Waals surface area contributed by atoms with Crippen LogP contribution in [-0.4, -0.2) is 90.1 Å². The lowest BCUT2D eigenvalue weighted by molar-refractivity contribution is -0.0483. The molecule has 0 radical (unpaired) electrons. The maximum atomic E-state index is 5.99. The second-order valence-corrected chi connectivity index (χ2v) is 6.53. The zero-order valence-corrected chi connectivity index (χ0v) is 13.4. The molecule has 0 unspecified atom stereocenters. The third kappa shape index (κ3) is 3.63. The van der Waals surface area contributed by atoms with Gasteiger partial charge in [-0.1, -0.05) is 0 Å². The first-order valence-corrected chi connectivity index (χ1v) is 7.82. The van der Waals surface area contributed by atoms with Crippen LogP contribution >= 0.6 is 0 Å². The lowest BCUT2D eigenvalue weighted by atomic mass is 10.1. The van der Waals surface area contributed by atoms with Crippen LogP contribution < -0.4 is 0 Å². The van der Waals surface area contributed by atoms with E-state index in [-0.39, 0.29) is 0 Å². The molecule has 6 heteroatoms. The Morgan fingerprint density at radius 2 is 2.24 bits per heavy atom. The summed E-state index contributed by atoms with van der Waals surface area (Å²) in [6.45, 7) is 7.31. The Morgan fingerprint density at radius 3 is 2.95 bits per heavy atom. The number of fused-ring (bicyclic) bond motifs is 1.